The third-order valence-corrected chi connectivity index (χ3v) is 4.74. The first-order valence-electron chi connectivity index (χ1n) is 8.80. The maximum atomic E-state index is 2.63. The fraction of sp³-hybridized carbons (Fsp3) is 0. The molecular formula is C24H32F4P4. The largest absolute Gasteiger partial charge is 0.269 e. The lowest BCUT2D eigenvalue weighted by Gasteiger charge is -1.82. The van der Waals surface area contributed by atoms with E-state index in [9.17, 15) is 0 Å². The highest BCUT2D eigenvalue weighted by Gasteiger charge is 1.74. The Labute approximate surface area is 198 Å². The molecular weight excluding hydrogens is 488 g/mol. The maximum Gasteiger partial charge on any atom is -0.0303 e. The zero-order valence-corrected chi connectivity index (χ0v) is 22.1. The van der Waals surface area contributed by atoms with Gasteiger partial charge in [-0.05, 0) is 21.2 Å². The monoisotopic (exact) mass is 520 g/mol. The van der Waals surface area contributed by atoms with Crippen LogP contribution in [-0.2, 0) is 0 Å². The summed E-state index contributed by atoms with van der Waals surface area (Å²) in [6, 6.07) is 40.5. The average molecular weight is 520 g/mol. The fourth-order valence-electron chi connectivity index (χ4n) is 1.81. The number of rotatable bonds is 0. The molecule has 0 radical (unpaired) electrons. The predicted molar refractivity (Wildman–Crippen MR) is 153 cm³/mol. The Hall–Kier alpha value is -1.68. The topological polar surface area (TPSA) is 0 Å². The molecule has 4 aromatic carbocycles. The summed E-state index contributed by atoms with van der Waals surface area (Å²) < 4.78 is 0. The van der Waals surface area contributed by atoms with Gasteiger partial charge in [0.2, 0.25) is 0 Å². The lowest BCUT2D eigenvalue weighted by Crippen LogP contribution is -1.82. The predicted octanol–water partition coefficient (Wildman–Crippen LogP) is 5.36. The summed E-state index contributed by atoms with van der Waals surface area (Å²) >= 11 is 0. The molecule has 4 atom stereocenters. The zero-order chi connectivity index (χ0) is 20.5. The summed E-state index contributed by atoms with van der Waals surface area (Å²) in [7, 11) is 10.5. The Balaban J connectivity index is -0.000000157. The smallest absolute Gasteiger partial charge is 0.0303 e. The van der Waals surface area contributed by atoms with Gasteiger partial charge in [-0.1, -0.05) is 121 Å². The Morgan fingerprint density at radius 2 is 0.375 bits per heavy atom. The van der Waals surface area contributed by atoms with Crippen LogP contribution >= 0.6 is 37.0 Å². The average Bonchev–Trinajstić information content (AvgIpc) is 2.72. The Bertz CT molecular complexity index is 704. The second-order valence-corrected chi connectivity index (χ2v) is 8.31. The van der Waals surface area contributed by atoms with Gasteiger partial charge in [-0.3, -0.25) is 18.8 Å². The first kappa shape index (κ1) is 37.6. The van der Waals surface area contributed by atoms with Gasteiger partial charge >= 0.3 is 0 Å². The molecule has 4 rings (SSSR count). The molecule has 4 unspecified atom stereocenters. The van der Waals surface area contributed by atoms with Gasteiger partial charge in [0.1, 0.15) is 0 Å². The van der Waals surface area contributed by atoms with Gasteiger partial charge in [-0.2, -0.15) is 0 Å². The van der Waals surface area contributed by atoms with Gasteiger partial charge in [-0.25, -0.2) is 0 Å². The van der Waals surface area contributed by atoms with E-state index in [1.165, 1.54) is 21.2 Å². The quantitative estimate of drug-likeness (QED) is 0.217. The van der Waals surface area contributed by atoms with E-state index in [4.69, 9.17) is 0 Å². The molecule has 0 aliphatic heterocycles. The third kappa shape index (κ3) is 23.0. The van der Waals surface area contributed by atoms with Crippen LogP contribution in [0, 0.1) is 0 Å². The van der Waals surface area contributed by atoms with Crippen molar-refractivity contribution in [3.8, 4) is 0 Å². The molecule has 0 aromatic heterocycles. The minimum atomic E-state index is 0. The van der Waals surface area contributed by atoms with Crippen LogP contribution in [0.5, 0.6) is 0 Å². The number of hydrogen-bond acceptors (Lipinski definition) is 0. The lowest BCUT2D eigenvalue weighted by atomic mass is 10.4. The molecule has 0 nitrogen and oxygen atoms in total. The van der Waals surface area contributed by atoms with Crippen molar-refractivity contribution in [1.29, 1.82) is 0 Å². The highest BCUT2D eigenvalue weighted by Crippen LogP contribution is 1.88. The van der Waals surface area contributed by atoms with Gasteiger partial charge in [0.25, 0.3) is 0 Å². The Morgan fingerprint density at radius 3 is 0.438 bits per heavy atom. The molecule has 0 spiro atoms. The van der Waals surface area contributed by atoms with Crippen LogP contribution in [0.4, 0.5) is 18.8 Å². The van der Waals surface area contributed by atoms with E-state index in [2.05, 4.69) is 37.0 Å². The molecule has 0 heterocycles. The van der Waals surface area contributed by atoms with Crippen molar-refractivity contribution in [1.82, 2.24) is 0 Å². The fourth-order valence-corrected chi connectivity index (χ4v) is 2.70. The van der Waals surface area contributed by atoms with Crippen LogP contribution in [0.15, 0.2) is 121 Å². The van der Waals surface area contributed by atoms with Crippen LogP contribution in [0.3, 0.4) is 0 Å². The van der Waals surface area contributed by atoms with Gasteiger partial charge in [-0.15, -0.1) is 37.0 Å². The van der Waals surface area contributed by atoms with E-state index >= 15 is 0 Å². The van der Waals surface area contributed by atoms with Gasteiger partial charge in [0.05, 0.1) is 0 Å². The van der Waals surface area contributed by atoms with E-state index in [0.717, 1.165) is 0 Å². The number of halogens is 4. The van der Waals surface area contributed by atoms with Crippen molar-refractivity contribution in [3.63, 3.8) is 0 Å². The van der Waals surface area contributed by atoms with E-state index in [0.29, 0.717) is 0 Å². The minimum Gasteiger partial charge on any atom is -0.269 e. The molecule has 0 aliphatic carbocycles. The molecule has 176 valence electrons. The van der Waals surface area contributed by atoms with Crippen molar-refractivity contribution in [3.05, 3.63) is 121 Å². The molecule has 0 saturated carbocycles. The highest BCUT2D eigenvalue weighted by molar-refractivity contribution is 7.28. The summed E-state index contributed by atoms with van der Waals surface area (Å²) in [6.45, 7) is 0. The second-order valence-electron chi connectivity index (χ2n) is 5.64. The standard InChI is InChI=1S/4C6H7P.4FH/c4*7-6-4-2-1-3-5-6;;;;/h4*1-5H,7H2;4*1H. The van der Waals surface area contributed by atoms with Crippen molar-refractivity contribution < 1.29 is 18.8 Å². The molecule has 0 aliphatic rings. The Kier molecular flexibility index (Phi) is 30.1. The van der Waals surface area contributed by atoms with Crippen LogP contribution in [-0.4, -0.2) is 0 Å². The van der Waals surface area contributed by atoms with Crippen LogP contribution in [0.2, 0.25) is 0 Å². The maximum absolute atomic E-state index is 2.63. The molecule has 8 heteroatoms. The van der Waals surface area contributed by atoms with Crippen LogP contribution in [0.25, 0.3) is 0 Å². The van der Waals surface area contributed by atoms with Crippen LogP contribution in [0.1, 0.15) is 0 Å². The highest BCUT2D eigenvalue weighted by atomic mass is 31.0. The third-order valence-electron chi connectivity index (χ3n) is 3.20. The van der Waals surface area contributed by atoms with E-state index < -0.39 is 0 Å². The van der Waals surface area contributed by atoms with Gasteiger partial charge < -0.3 is 0 Å². The summed E-state index contributed by atoms with van der Waals surface area (Å²) in [6.07, 6.45) is 0. The summed E-state index contributed by atoms with van der Waals surface area (Å²) in [5.74, 6) is 0. The summed E-state index contributed by atoms with van der Waals surface area (Å²) in [4.78, 5) is 0. The molecule has 0 amide bonds. The molecule has 0 N–H and O–H groups in total. The molecule has 0 fully saturated rings. The SMILES string of the molecule is F.F.F.F.Pc1ccccc1.Pc1ccccc1.Pc1ccccc1.Pc1ccccc1. The van der Waals surface area contributed by atoms with E-state index in [1.807, 2.05) is 121 Å². The van der Waals surface area contributed by atoms with Gasteiger partial charge in [0.15, 0.2) is 0 Å². The van der Waals surface area contributed by atoms with Crippen molar-refractivity contribution in [2.24, 2.45) is 0 Å². The molecule has 0 bridgehead atoms. The van der Waals surface area contributed by atoms with Crippen molar-refractivity contribution in [2.45, 2.75) is 0 Å². The van der Waals surface area contributed by atoms with Gasteiger partial charge in [0, 0.05) is 0 Å². The Morgan fingerprint density at radius 1 is 0.250 bits per heavy atom. The lowest BCUT2D eigenvalue weighted by molar-refractivity contribution is 1.11. The van der Waals surface area contributed by atoms with Crippen LogP contribution < -0.4 is 21.2 Å². The van der Waals surface area contributed by atoms with E-state index in [1.54, 1.807) is 0 Å². The first-order chi connectivity index (χ1) is 13.6. The normalized spacial score (nSPS) is 7.62. The second kappa shape index (κ2) is 25.6. The zero-order valence-electron chi connectivity index (χ0n) is 17.5. The molecule has 4 aromatic rings. The molecule has 32 heavy (non-hydrogen) atoms. The summed E-state index contributed by atoms with van der Waals surface area (Å²) in [5, 5.41) is 4.95. The van der Waals surface area contributed by atoms with Crippen molar-refractivity contribution in [2.75, 3.05) is 0 Å². The minimum absolute atomic E-state index is 0. The summed E-state index contributed by atoms with van der Waals surface area (Å²) in [5.41, 5.74) is 0. The number of hydrogen-bond donors (Lipinski definition) is 0. The van der Waals surface area contributed by atoms with Crippen molar-refractivity contribution >= 4 is 58.2 Å². The molecule has 0 saturated heterocycles. The first-order valence-corrected chi connectivity index (χ1v) is 11.1. The van der Waals surface area contributed by atoms with E-state index in [-0.39, 0.29) is 18.8 Å². The number of benzene rings is 4.